The molecule has 1 heterocycles. The maximum atomic E-state index is 7.00. The molecule has 10 rings (SSSR count). The second-order valence-electron chi connectivity index (χ2n) is 14.1. The predicted molar refractivity (Wildman–Crippen MR) is 239 cm³/mol. The number of fused-ring (bicyclic) bond motifs is 3. The molecule has 0 amide bonds. The first kappa shape index (κ1) is 34.4. The highest BCUT2D eigenvalue weighted by molar-refractivity contribution is 8.34. The number of rotatable bonds is 9. The Morgan fingerprint density at radius 3 is 1.23 bits per heavy atom. The van der Waals surface area contributed by atoms with Gasteiger partial charge in [0.1, 0.15) is 5.58 Å². The van der Waals surface area contributed by atoms with Gasteiger partial charge in [0, 0.05) is 47.3 Å². The molecule has 0 bridgehead atoms. The molecule has 0 aliphatic heterocycles. The van der Waals surface area contributed by atoms with Gasteiger partial charge in [-0.15, -0.1) is 10.0 Å². The molecule has 0 atom stereocenters. The monoisotopic (exact) mass is 749 g/mol. The largest absolute Gasteiger partial charge is 0.453 e. The van der Waals surface area contributed by atoms with Crippen molar-refractivity contribution in [3.8, 4) is 22.3 Å². The van der Waals surface area contributed by atoms with Crippen molar-refractivity contribution in [1.82, 2.24) is 0 Å². The third-order valence-electron chi connectivity index (χ3n) is 10.8. The van der Waals surface area contributed by atoms with Crippen LogP contribution < -0.4 is 4.90 Å². The van der Waals surface area contributed by atoms with Gasteiger partial charge in [-0.05, 0) is 95.6 Å². The summed E-state index contributed by atoms with van der Waals surface area (Å²) in [4.78, 5) is 7.50. The van der Waals surface area contributed by atoms with Crippen molar-refractivity contribution in [3.05, 3.63) is 237 Å². The molecule has 0 aliphatic rings. The van der Waals surface area contributed by atoms with Gasteiger partial charge in [-0.25, -0.2) is 0 Å². The van der Waals surface area contributed by atoms with Crippen molar-refractivity contribution < 1.29 is 4.42 Å². The van der Waals surface area contributed by atoms with E-state index in [9.17, 15) is 0 Å². The molecule has 9 aromatic carbocycles. The lowest BCUT2D eigenvalue weighted by molar-refractivity contribution is 0.670. The Morgan fingerprint density at radius 1 is 0.298 bits per heavy atom. The maximum Gasteiger partial charge on any atom is 0.159 e. The van der Waals surface area contributed by atoms with Gasteiger partial charge in [-0.2, -0.15) is 0 Å². The molecule has 2 nitrogen and oxygen atoms in total. The predicted octanol–water partition coefficient (Wildman–Crippen LogP) is 15.7. The van der Waals surface area contributed by atoms with E-state index in [0.717, 1.165) is 50.1 Å². The molecule has 10 aromatic rings. The number of benzene rings is 9. The number of anilines is 3. The molecule has 272 valence electrons. The molecular weight excluding hydrogens is 711 g/mol. The Balaban J connectivity index is 1.18. The fraction of sp³-hybridized carbons (Fsp3) is 0. The smallest absolute Gasteiger partial charge is 0.159 e. The van der Waals surface area contributed by atoms with Gasteiger partial charge in [0.15, 0.2) is 5.58 Å². The van der Waals surface area contributed by atoms with Gasteiger partial charge >= 0.3 is 0 Å². The fourth-order valence-corrected chi connectivity index (χ4v) is 12.1. The van der Waals surface area contributed by atoms with Gasteiger partial charge in [-0.3, -0.25) is 0 Å². The minimum Gasteiger partial charge on any atom is -0.453 e. The van der Waals surface area contributed by atoms with Crippen LogP contribution in [0.25, 0.3) is 44.2 Å². The standard InChI is InChI=1S/C54H39NOS/c1-6-18-40(19-7-1)41-32-34-43(35-33-41)55(52-31-17-30-51-50-29-16-28-49(53(50)56-54(51)52)42-20-8-2-9-21-42)44-36-38-48(39-37-44)57(45-22-10-3-11-23-45,46-24-12-4-13-25-46)47-26-14-5-15-27-47/h1-39H. The van der Waals surface area contributed by atoms with Crippen LogP contribution in [0.2, 0.25) is 0 Å². The van der Waals surface area contributed by atoms with Crippen LogP contribution in [0.1, 0.15) is 0 Å². The Kier molecular flexibility index (Phi) is 8.98. The highest BCUT2D eigenvalue weighted by atomic mass is 32.3. The van der Waals surface area contributed by atoms with Crippen LogP contribution in [0, 0.1) is 0 Å². The van der Waals surface area contributed by atoms with Crippen LogP contribution in [0.4, 0.5) is 17.1 Å². The summed E-state index contributed by atoms with van der Waals surface area (Å²) in [6, 6.07) is 85.2. The van der Waals surface area contributed by atoms with Gasteiger partial charge in [-0.1, -0.05) is 158 Å². The molecule has 0 radical (unpaired) electrons. The third kappa shape index (κ3) is 6.10. The Hall–Kier alpha value is -7.07. The Morgan fingerprint density at radius 2 is 0.702 bits per heavy atom. The molecule has 0 fully saturated rings. The van der Waals surface area contributed by atoms with Crippen LogP contribution in [-0.2, 0) is 0 Å². The lowest BCUT2D eigenvalue weighted by Gasteiger charge is -2.42. The van der Waals surface area contributed by atoms with Crippen molar-refractivity contribution in [3.63, 3.8) is 0 Å². The zero-order chi connectivity index (χ0) is 38.0. The van der Waals surface area contributed by atoms with Crippen molar-refractivity contribution in [2.24, 2.45) is 0 Å². The number of hydrogen-bond donors (Lipinski definition) is 0. The summed E-state index contributed by atoms with van der Waals surface area (Å²) in [5.41, 5.74) is 9.40. The quantitative estimate of drug-likeness (QED) is 0.146. The zero-order valence-corrected chi connectivity index (χ0v) is 32.1. The molecule has 57 heavy (non-hydrogen) atoms. The van der Waals surface area contributed by atoms with Crippen LogP contribution >= 0.6 is 10.0 Å². The summed E-state index contributed by atoms with van der Waals surface area (Å²) in [6.45, 7) is 0. The zero-order valence-electron chi connectivity index (χ0n) is 31.3. The number of hydrogen-bond acceptors (Lipinski definition) is 2. The Bertz CT molecular complexity index is 2810. The van der Waals surface area contributed by atoms with Crippen molar-refractivity contribution in [2.45, 2.75) is 19.6 Å². The van der Waals surface area contributed by atoms with Crippen LogP contribution in [-0.4, -0.2) is 0 Å². The highest BCUT2D eigenvalue weighted by Gasteiger charge is 2.33. The molecule has 1 aromatic heterocycles. The maximum absolute atomic E-state index is 7.00. The van der Waals surface area contributed by atoms with Gasteiger partial charge in [0.05, 0.1) is 5.69 Å². The van der Waals surface area contributed by atoms with E-state index in [-0.39, 0.29) is 0 Å². The van der Waals surface area contributed by atoms with E-state index in [4.69, 9.17) is 4.42 Å². The van der Waals surface area contributed by atoms with E-state index < -0.39 is 10.0 Å². The average Bonchev–Trinajstić information content (AvgIpc) is 3.69. The minimum atomic E-state index is -1.84. The van der Waals surface area contributed by atoms with E-state index in [1.54, 1.807) is 0 Å². The lowest BCUT2D eigenvalue weighted by Crippen LogP contribution is -2.11. The summed E-state index contributed by atoms with van der Waals surface area (Å²) in [5, 5.41) is 2.19. The third-order valence-corrected chi connectivity index (χ3v) is 14.7. The molecule has 0 aliphatic carbocycles. The second-order valence-corrected chi connectivity index (χ2v) is 17.2. The van der Waals surface area contributed by atoms with Crippen molar-refractivity contribution >= 4 is 49.0 Å². The van der Waals surface area contributed by atoms with Crippen molar-refractivity contribution in [1.29, 1.82) is 0 Å². The average molecular weight is 750 g/mol. The fourth-order valence-electron chi connectivity index (χ4n) is 8.18. The SMILES string of the molecule is c1ccc(-c2ccc(N(c3ccc(S(c4ccccc4)(c4ccccc4)c4ccccc4)cc3)c3cccc4c3oc3c(-c5ccccc5)cccc34)cc2)cc1. The first-order valence-electron chi connectivity index (χ1n) is 19.3. The number of furan rings is 1. The molecule has 0 saturated heterocycles. The normalized spacial score (nSPS) is 11.8. The first-order valence-corrected chi connectivity index (χ1v) is 21.0. The van der Waals surface area contributed by atoms with Gasteiger partial charge < -0.3 is 9.32 Å². The van der Waals surface area contributed by atoms with E-state index in [1.807, 2.05) is 0 Å². The van der Waals surface area contributed by atoms with E-state index in [0.29, 0.717) is 0 Å². The van der Waals surface area contributed by atoms with Crippen LogP contribution in [0.15, 0.2) is 261 Å². The molecule has 0 spiro atoms. The molecule has 0 unspecified atom stereocenters. The second kappa shape index (κ2) is 14.9. The van der Waals surface area contributed by atoms with E-state index in [1.165, 1.54) is 30.7 Å². The highest BCUT2D eigenvalue weighted by Crippen LogP contribution is 2.73. The first-order chi connectivity index (χ1) is 28.3. The van der Waals surface area contributed by atoms with Crippen molar-refractivity contribution in [2.75, 3.05) is 4.90 Å². The topological polar surface area (TPSA) is 16.4 Å². The van der Waals surface area contributed by atoms with Gasteiger partial charge in [0.25, 0.3) is 0 Å². The Labute approximate surface area is 335 Å². The van der Waals surface area contributed by atoms with Gasteiger partial charge in [0.2, 0.25) is 0 Å². The van der Waals surface area contributed by atoms with E-state index in [2.05, 4.69) is 241 Å². The summed E-state index contributed by atoms with van der Waals surface area (Å²) >= 11 is 0. The summed E-state index contributed by atoms with van der Waals surface area (Å²) in [7, 11) is -1.84. The summed E-state index contributed by atoms with van der Waals surface area (Å²) < 4.78 is 7.00. The lowest BCUT2D eigenvalue weighted by atomic mass is 10.0. The van der Waals surface area contributed by atoms with Crippen LogP contribution in [0.5, 0.6) is 0 Å². The molecule has 0 saturated carbocycles. The number of nitrogens with zero attached hydrogens (tertiary/aromatic N) is 1. The summed E-state index contributed by atoms with van der Waals surface area (Å²) in [5.74, 6) is 0. The summed E-state index contributed by atoms with van der Waals surface area (Å²) in [6.07, 6.45) is 0. The molecule has 3 heteroatoms. The molecular formula is C54H39NOS. The molecule has 0 N–H and O–H groups in total. The number of para-hydroxylation sites is 2. The minimum absolute atomic E-state index is 0.852. The van der Waals surface area contributed by atoms with Crippen LogP contribution in [0.3, 0.4) is 0 Å². The van der Waals surface area contributed by atoms with E-state index >= 15 is 0 Å².